The molecule has 0 amide bonds. The van der Waals surface area contributed by atoms with Crippen molar-refractivity contribution in [2.45, 2.75) is 13.5 Å². The van der Waals surface area contributed by atoms with Crippen LogP contribution in [0.4, 0.5) is 4.39 Å². The molecule has 0 radical (unpaired) electrons. The molecule has 0 spiro atoms. The lowest BCUT2D eigenvalue weighted by molar-refractivity contribution is 0.305. The van der Waals surface area contributed by atoms with E-state index in [2.05, 4.69) is 15.8 Å². The molecular formula is C17H18FN3OS. The van der Waals surface area contributed by atoms with E-state index < -0.39 is 0 Å². The number of hydrogen-bond acceptors (Lipinski definition) is 3. The molecule has 0 aliphatic rings. The lowest BCUT2D eigenvalue weighted by Gasteiger charge is -2.09. The molecule has 0 atom stereocenters. The number of nitrogens with one attached hydrogen (secondary N) is 2. The van der Waals surface area contributed by atoms with E-state index in [0.29, 0.717) is 10.9 Å². The van der Waals surface area contributed by atoms with Crippen molar-refractivity contribution in [2.24, 2.45) is 5.10 Å². The lowest BCUT2D eigenvalue weighted by Crippen LogP contribution is -2.31. The quantitative estimate of drug-likeness (QED) is 0.485. The molecule has 2 aromatic carbocycles. The monoisotopic (exact) mass is 331 g/mol. The van der Waals surface area contributed by atoms with Gasteiger partial charge in [0.05, 0.1) is 6.21 Å². The fraction of sp³-hybridized carbons (Fsp3) is 0.176. The van der Waals surface area contributed by atoms with Gasteiger partial charge >= 0.3 is 0 Å². The van der Waals surface area contributed by atoms with Crippen LogP contribution in [0.5, 0.6) is 5.75 Å². The SMILES string of the molecule is CCNC(=S)N/N=C\c1ccccc1OCc1cccc(F)c1. The van der Waals surface area contributed by atoms with Crippen LogP contribution in [0.25, 0.3) is 0 Å². The number of para-hydroxylation sites is 1. The fourth-order valence-corrected chi connectivity index (χ4v) is 2.06. The molecule has 4 nitrogen and oxygen atoms in total. The fourth-order valence-electron chi connectivity index (χ4n) is 1.87. The molecule has 0 aromatic heterocycles. The van der Waals surface area contributed by atoms with Gasteiger partial charge < -0.3 is 10.1 Å². The molecule has 0 saturated carbocycles. The molecule has 0 unspecified atom stereocenters. The Morgan fingerprint density at radius 1 is 1.26 bits per heavy atom. The predicted octanol–water partition coefficient (Wildman–Crippen LogP) is 3.22. The highest BCUT2D eigenvalue weighted by molar-refractivity contribution is 7.80. The first kappa shape index (κ1) is 16.9. The molecule has 0 aliphatic heterocycles. The van der Waals surface area contributed by atoms with E-state index in [9.17, 15) is 4.39 Å². The zero-order valence-electron chi connectivity index (χ0n) is 12.8. The third kappa shape index (κ3) is 5.67. The maximum Gasteiger partial charge on any atom is 0.186 e. The van der Waals surface area contributed by atoms with E-state index in [0.717, 1.165) is 17.7 Å². The summed E-state index contributed by atoms with van der Waals surface area (Å²) in [5.41, 5.74) is 4.29. The zero-order valence-corrected chi connectivity index (χ0v) is 13.6. The number of halogens is 1. The number of benzene rings is 2. The summed E-state index contributed by atoms with van der Waals surface area (Å²) in [7, 11) is 0. The molecule has 0 heterocycles. The van der Waals surface area contributed by atoms with Gasteiger partial charge in [-0.25, -0.2) is 4.39 Å². The Balaban J connectivity index is 1.99. The maximum atomic E-state index is 13.2. The van der Waals surface area contributed by atoms with Gasteiger partial charge in [-0.3, -0.25) is 5.43 Å². The molecule has 0 bridgehead atoms. The highest BCUT2D eigenvalue weighted by atomic mass is 32.1. The molecule has 0 saturated heterocycles. The van der Waals surface area contributed by atoms with Gasteiger partial charge in [-0.2, -0.15) is 5.10 Å². The third-order valence-electron chi connectivity index (χ3n) is 2.91. The van der Waals surface area contributed by atoms with Crippen molar-refractivity contribution in [2.75, 3.05) is 6.54 Å². The van der Waals surface area contributed by atoms with Gasteiger partial charge in [0.25, 0.3) is 0 Å². The first-order valence-corrected chi connectivity index (χ1v) is 7.63. The summed E-state index contributed by atoms with van der Waals surface area (Å²) in [4.78, 5) is 0. The number of nitrogens with zero attached hydrogens (tertiary/aromatic N) is 1. The maximum absolute atomic E-state index is 13.2. The molecule has 2 N–H and O–H groups in total. The van der Waals surface area contributed by atoms with Crippen molar-refractivity contribution in [3.8, 4) is 5.75 Å². The van der Waals surface area contributed by atoms with Crippen molar-refractivity contribution in [1.29, 1.82) is 0 Å². The van der Waals surface area contributed by atoms with Crippen molar-refractivity contribution in [3.05, 3.63) is 65.5 Å². The number of hydrazone groups is 1. The summed E-state index contributed by atoms with van der Waals surface area (Å²) in [6.07, 6.45) is 1.63. The standard InChI is InChI=1S/C17H18FN3OS/c1-2-19-17(23)21-20-11-14-7-3-4-9-16(14)22-12-13-6-5-8-15(18)10-13/h3-11H,2,12H2,1H3,(H2,19,21,23)/b20-11-. The second-order valence-electron chi connectivity index (χ2n) is 4.69. The van der Waals surface area contributed by atoms with Crippen LogP contribution >= 0.6 is 12.2 Å². The van der Waals surface area contributed by atoms with Gasteiger partial charge in [0.1, 0.15) is 18.2 Å². The smallest absolute Gasteiger partial charge is 0.186 e. The summed E-state index contributed by atoms with van der Waals surface area (Å²) in [6.45, 7) is 2.97. The molecule has 23 heavy (non-hydrogen) atoms. The summed E-state index contributed by atoms with van der Waals surface area (Å²) >= 11 is 5.03. The minimum absolute atomic E-state index is 0.276. The van der Waals surface area contributed by atoms with Crippen LogP contribution in [0, 0.1) is 5.82 Å². The van der Waals surface area contributed by atoms with Gasteiger partial charge in [-0.05, 0) is 49.0 Å². The third-order valence-corrected chi connectivity index (χ3v) is 3.15. The van der Waals surface area contributed by atoms with Gasteiger partial charge in [0, 0.05) is 12.1 Å². The first-order chi connectivity index (χ1) is 11.2. The molecule has 0 fully saturated rings. The van der Waals surface area contributed by atoms with Crippen molar-refractivity contribution in [3.63, 3.8) is 0 Å². The van der Waals surface area contributed by atoms with Crippen molar-refractivity contribution in [1.82, 2.24) is 10.7 Å². The average Bonchev–Trinajstić information content (AvgIpc) is 2.54. The van der Waals surface area contributed by atoms with Crippen molar-refractivity contribution < 1.29 is 9.13 Å². The Morgan fingerprint density at radius 2 is 2.09 bits per heavy atom. The number of hydrogen-bond donors (Lipinski definition) is 2. The number of ether oxygens (including phenoxy) is 1. The van der Waals surface area contributed by atoms with Crippen molar-refractivity contribution >= 4 is 23.5 Å². The molecule has 2 aromatic rings. The highest BCUT2D eigenvalue weighted by Gasteiger charge is 2.02. The van der Waals surface area contributed by atoms with Gasteiger partial charge in [0.2, 0.25) is 0 Å². The Hall–Kier alpha value is -2.47. The Morgan fingerprint density at radius 3 is 2.87 bits per heavy atom. The minimum Gasteiger partial charge on any atom is -0.488 e. The van der Waals surface area contributed by atoms with Gasteiger partial charge in [-0.15, -0.1) is 0 Å². The van der Waals surface area contributed by atoms with Crippen LogP contribution in [-0.2, 0) is 6.61 Å². The predicted molar refractivity (Wildman–Crippen MR) is 94.2 cm³/mol. The Labute approximate surface area is 140 Å². The lowest BCUT2D eigenvalue weighted by atomic mass is 10.2. The summed E-state index contributed by atoms with van der Waals surface area (Å²) in [6, 6.07) is 13.8. The second-order valence-corrected chi connectivity index (χ2v) is 5.09. The van der Waals surface area contributed by atoms with Crippen LogP contribution in [0.2, 0.25) is 0 Å². The minimum atomic E-state index is -0.276. The van der Waals surface area contributed by atoms with Crippen LogP contribution in [0.15, 0.2) is 53.6 Å². The second kappa shape index (κ2) is 8.85. The largest absolute Gasteiger partial charge is 0.488 e. The Bertz CT molecular complexity index is 691. The zero-order chi connectivity index (χ0) is 16.5. The van der Waals surface area contributed by atoms with E-state index in [1.165, 1.54) is 12.1 Å². The van der Waals surface area contributed by atoms with E-state index in [1.807, 2.05) is 37.3 Å². The van der Waals surface area contributed by atoms with Crippen LogP contribution in [0.3, 0.4) is 0 Å². The molecule has 120 valence electrons. The first-order valence-electron chi connectivity index (χ1n) is 7.22. The van der Waals surface area contributed by atoms with E-state index in [-0.39, 0.29) is 12.4 Å². The van der Waals surface area contributed by atoms with Crippen LogP contribution < -0.4 is 15.5 Å². The van der Waals surface area contributed by atoms with E-state index in [4.69, 9.17) is 17.0 Å². The normalized spacial score (nSPS) is 10.5. The molecule has 2 rings (SSSR count). The van der Waals surface area contributed by atoms with E-state index in [1.54, 1.807) is 12.3 Å². The van der Waals surface area contributed by atoms with Crippen LogP contribution in [-0.4, -0.2) is 17.9 Å². The van der Waals surface area contributed by atoms with Crippen LogP contribution in [0.1, 0.15) is 18.1 Å². The van der Waals surface area contributed by atoms with Gasteiger partial charge in [-0.1, -0.05) is 24.3 Å². The topological polar surface area (TPSA) is 45.7 Å². The Kier molecular flexibility index (Phi) is 6.50. The molecule has 6 heteroatoms. The molecular weight excluding hydrogens is 313 g/mol. The van der Waals surface area contributed by atoms with Gasteiger partial charge in [0.15, 0.2) is 5.11 Å². The summed E-state index contributed by atoms with van der Waals surface area (Å²) in [5, 5.41) is 7.47. The highest BCUT2D eigenvalue weighted by Crippen LogP contribution is 2.17. The summed E-state index contributed by atoms with van der Waals surface area (Å²) < 4.78 is 18.9. The number of thiocarbonyl (C=S) groups is 1. The summed E-state index contributed by atoms with van der Waals surface area (Å²) in [5.74, 6) is 0.388. The average molecular weight is 331 g/mol. The number of rotatable bonds is 6. The van der Waals surface area contributed by atoms with E-state index >= 15 is 0 Å². The molecule has 0 aliphatic carbocycles.